The fraction of sp³-hybridized carbons (Fsp3) is 0.692. The lowest BCUT2D eigenvalue weighted by Gasteiger charge is -2.25. The van der Waals surface area contributed by atoms with Gasteiger partial charge in [0.25, 0.3) is 5.91 Å². The Kier molecular flexibility index (Phi) is 5.13. The lowest BCUT2D eigenvalue weighted by Crippen LogP contribution is -2.41. The lowest BCUT2D eigenvalue weighted by atomic mass is 10.2. The van der Waals surface area contributed by atoms with Gasteiger partial charge in [0, 0.05) is 24.5 Å². The summed E-state index contributed by atoms with van der Waals surface area (Å²) in [6.45, 7) is 4.89. The third kappa shape index (κ3) is 3.53. The van der Waals surface area contributed by atoms with E-state index in [1.807, 2.05) is 10.3 Å². The van der Waals surface area contributed by atoms with Crippen LogP contribution in [-0.4, -0.2) is 41.5 Å². The summed E-state index contributed by atoms with van der Waals surface area (Å²) in [4.78, 5) is 18.4. The molecule has 1 aliphatic heterocycles. The number of nitrogens with one attached hydrogen (secondary N) is 1. The van der Waals surface area contributed by atoms with E-state index in [-0.39, 0.29) is 5.91 Å². The summed E-state index contributed by atoms with van der Waals surface area (Å²) in [7, 11) is 0. The molecule has 2 heterocycles. The number of rotatable bonds is 6. The Balaban J connectivity index is 1.96. The molecule has 0 spiro atoms. The highest BCUT2D eigenvalue weighted by Gasteiger charge is 2.22. The molecule has 0 bridgehead atoms. The van der Waals surface area contributed by atoms with E-state index in [9.17, 15) is 4.79 Å². The zero-order chi connectivity index (χ0) is 12.8. The van der Waals surface area contributed by atoms with Crippen molar-refractivity contribution >= 4 is 17.2 Å². The number of nitrogens with zero attached hydrogens (tertiary/aromatic N) is 2. The molecule has 2 rings (SSSR count). The van der Waals surface area contributed by atoms with E-state index >= 15 is 0 Å². The molecule has 1 saturated heterocycles. The van der Waals surface area contributed by atoms with Crippen molar-refractivity contribution < 1.29 is 4.79 Å². The predicted molar refractivity (Wildman–Crippen MR) is 74.0 cm³/mol. The second kappa shape index (κ2) is 6.85. The number of unbranched alkanes of at least 4 members (excludes halogenated alkanes) is 1. The van der Waals surface area contributed by atoms with Crippen molar-refractivity contribution in [1.29, 1.82) is 0 Å². The van der Waals surface area contributed by atoms with Crippen LogP contribution in [-0.2, 0) is 0 Å². The maximum atomic E-state index is 12.3. The van der Waals surface area contributed by atoms with Crippen molar-refractivity contribution in [2.45, 2.75) is 38.6 Å². The molecule has 1 aromatic heterocycles. The van der Waals surface area contributed by atoms with Gasteiger partial charge in [-0.2, -0.15) is 0 Å². The molecular weight excluding hydrogens is 246 g/mol. The van der Waals surface area contributed by atoms with E-state index in [2.05, 4.69) is 17.2 Å². The second-order valence-corrected chi connectivity index (χ2v) is 5.49. The van der Waals surface area contributed by atoms with Gasteiger partial charge in [0.05, 0.1) is 5.51 Å². The normalized spacial score (nSPS) is 19.1. The molecule has 1 atom stereocenters. The molecule has 0 aromatic carbocycles. The van der Waals surface area contributed by atoms with Gasteiger partial charge in [-0.25, -0.2) is 4.98 Å². The number of carbonyl (C=O) groups is 1. The minimum atomic E-state index is 0.0819. The SMILES string of the molecule is CCCCN(CC1CCCN1)C(=O)c1cscn1. The van der Waals surface area contributed by atoms with E-state index in [0.717, 1.165) is 32.5 Å². The first-order valence-electron chi connectivity index (χ1n) is 6.72. The first-order valence-corrected chi connectivity index (χ1v) is 7.66. The standard InChI is InChI=1S/C13H21N3OS/c1-2-3-7-16(8-11-5-4-6-14-11)13(17)12-9-18-10-15-12/h9-11,14H,2-8H2,1H3. The Morgan fingerprint density at radius 3 is 3.17 bits per heavy atom. The predicted octanol–water partition coefficient (Wildman–Crippen LogP) is 2.14. The largest absolute Gasteiger partial charge is 0.336 e. The summed E-state index contributed by atoms with van der Waals surface area (Å²) in [5.74, 6) is 0.0819. The molecular formula is C13H21N3OS. The molecule has 18 heavy (non-hydrogen) atoms. The van der Waals surface area contributed by atoms with Crippen molar-refractivity contribution in [2.24, 2.45) is 0 Å². The highest BCUT2D eigenvalue weighted by Crippen LogP contribution is 2.11. The lowest BCUT2D eigenvalue weighted by molar-refractivity contribution is 0.0734. The van der Waals surface area contributed by atoms with Crippen LogP contribution in [0.3, 0.4) is 0 Å². The van der Waals surface area contributed by atoms with Crippen LogP contribution in [0.1, 0.15) is 43.1 Å². The van der Waals surface area contributed by atoms with Gasteiger partial charge in [0.15, 0.2) is 0 Å². The smallest absolute Gasteiger partial charge is 0.273 e. The third-order valence-corrected chi connectivity index (χ3v) is 3.91. The van der Waals surface area contributed by atoms with E-state index in [4.69, 9.17) is 0 Å². The van der Waals surface area contributed by atoms with Crippen LogP contribution in [0.2, 0.25) is 0 Å². The first-order chi connectivity index (χ1) is 8.81. The van der Waals surface area contributed by atoms with Crippen molar-refractivity contribution in [3.05, 3.63) is 16.6 Å². The molecule has 1 amide bonds. The second-order valence-electron chi connectivity index (χ2n) is 4.77. The molecule has 0 radical (unpaired) electrons. The molecule has 0 aliphatic carbocycles. The van der Waals surface area contributed by atoms with Gasteiger partial charge in [-0.3, -0.25) is 4.79 Å². The van der Waals surface area contributed by atoms with Gasteiger partial charge in [-0.15, -0.1) is 11.3 Å². The molecule has 4 nitrogen and oxygen atoms in total. The summed E-state index contributed by atoms with van der Waals surface area (Å²) in [5.41, 5.74) is 2.31. The zero-order valence-electron chi connectivity index (χ0n) is 10.9. The zero-order valence-corrected chi connectivity index (χ0v) is 11.7. The molecule has 100 valence electrons. The van der Waals surface area contributed by atoms with Gasteiger partial charge < -0.3 is 10.2 Å². The maximum Gasteiger partial charge on any atom is 0.273 e. The average Bonchev–Trinajstić information content (AvgIpc) is 3.06. The maximum absolute atomic E-state index is 12.3. The Morgan fingerprint density at radius 2 is 2.56 bits per heavy atom. The summed E-state index contributed by atoms with van der Waals surface area (Å²) in [6, 6.07) is 0.462. The van der Waals surface area contributed by atoms with Crippen LogP contribution in [0, 0.1) is 0 Å². The molecule has 0 saturated carbocycles. The van der Waals surface area contributed by atoms with Crippen LogP contribution in [0.25, 0.3) is 0 Å². The van der Waals surface area contributed by atoms with Crippen molar-refractivity contribution in [3.63, 3.8) is 0 Å². The molecule has 1 aliphatic rings. The summed E-state index contributed by atoms with van der Waals surface area (Å²) in [5, 5.41) is 5.29. The number of hydrogen-bond donors (Lipinski definition) is 1. The van der Waals surface area contributed by atoms with Crippen molar-refractivity contribution in [3.8, 4) is 0 Å². The number of aromatic nitrogens is 1. The Labute approximate surface area is 112 Å². The average molecular weight is 267 g/mol. The number of amides is 1. The molecule has 1 unspecified atom stereocenters. The van der Waals surface area contributed by atoms with E-state index in [1.54, 1.807) is 5.51 Å². The quantitative estimate of drug-likeness (QED) is 0.859. The van der Waals surface area contributed by atoms with Crippen LogP contribution in [0.5, 0.6) is 0 Å². The third-order valence-electron chi connectivity index (χ3n) is 3.32. The number of carbonyl (C=O) groups excluding carboxylic acids is 1. The van der Waals surface area contributed by atoms with Crippen molar-refractivity contribution in [1.82, 2.24) is 15.2 Å². The summed E-state index contributed by atoms with van der Waals surface area (Å²) < 4.78 is 0. The number of hydrogen-bond acceptors (Lipinski definition) is 4. The fourth-order valence-electron chi connectivity index (χ4n) is 2.28. The van der Waals surface area contributed by atoms with E-state index in [1.165, 1.54) is 24.2 Å². The fourth-order valence-corrected chi connectivity index (χ4v) is 2.81. The minimum Gasteiger partial charge on any atom is -0.336 e. The van der Waals surface area contributed by atoms with E-state index < -0.39 is 0 Å². The van der Waals surface area contributed by atoms with Crippen LogP contribution in [0.15, 0.2) is 10.9 Å². The topological polar surface area (TPSA) is 45.2 Å². The highest BCUT2D eigenvalue weighted by atomic mass is 32.1. The summed E-state index contributed by atoms with van der Waals surface area (Å²) >= 11 is 1.48. The Bertz CT molecular complexity index is 360. The van der Waals surface area contributed by atoms with Crippen LogP contribution in [0.4, 0.5) is 0 Å². The molecule has 1 aromatic rings. The first kappa shape index (κ1) is 13.5. The van der Waals surface area contributed by atoms with Gasteiger partial charge in [0.1, 0.15) is 5.69 Å². The Hall–Kier alpha value is -0.940. The minimum absolute atomic E-state index is 0.0819. The van der Waals surface area contributed by atoms with Gasteiger partial charge in [-0.05, 0) is 25.8 Å². The van der Waals surface area contributed by atoms with Crippen molar-refractivity contribution in [2.75, 3.05) is 19.6 Å². The van der Waals surface area contributed by atoms with Crippen LogP contribution < -0.4 is 5.32 Å². The monoisotopic (exact) mass is 267 g/mol. The molecule has 1 N–H and O–H groups in total. The molecule has 5 heteroatoms. The van der Waals surface area contributed by atoms with Crippen LogP contribution >= 0.6 is 11.3 Å². The summed E-state index contributed by atoms with van der Waals surface area (Å²) in [6.07, 6.45) is 4.56. The van der Waals surface area contributed by atoms with E-state index in [0.29, 0.717) is 11.7 Å². The molecule has 1 fully saturated rings. The highest BCUT2D eigenvalue weighted by molar-refractivity contribution is 7.07. The Morgan fingerprint density at radius 1 is 1.67 bits per heavy atom. The van der Waals surface area contributed by atoms with Gasteiger partial charge >= 0.3 is 0 Å². The number of thiazole rings is 1. The van der Waals surface area contributed by atoms with Gasteiger partial charge in [-0.1, -0.05) is 13.3 Å². The van der Waals surface area contributed by atoms with Gasteiger partial charge in [0.2, 0.25) is 0 Å².